The molecule has 3 aromatic heterocycles. The van der Waals surface area contributed by atoms with Gasteiger partial charge in [-0.05, 0) is 62.9 Å². The van der Waals surface area contributed by atoms with Gasteiger partial charge in [0.05, 0.1) is 24.0 Å². The zero-order valence-corrected chi connectivity index (χ0v) is 22.4. The molecule has 0 N–H and O–H groups in total. The molecule has 4 heterocycles. The highest BCUT2D eigenvalue weighted by Gasteiger charge is 2.32. The van der Waals surface area contributed by atoms with Crippen LogP contribution in [-0.2, 0) is 20.0 Å². The van der Waals surface area contributed by atoms with E-state index in [1.807, 2.05) is 62.8 Å². The van der Waals surface area contributed by atoms with Gasteiger partial charge >= 0.3 is 0 Å². The highest BCUT2D eigenvalue weighted by molar-refractivity contribution is 5.99. The van der Waals surface area contributed by atoms with Gasteiger partial charge in [-0.15, -0.1) is 0 Å². The second-order valence-corrected chi connectivity index (χ2v) is 9.68. The van der Waals surface area contributed by atoms with Crippen molar-refractivity contribution in [2.45, 2.75) is 46.7 Å². The Kier molecular flexibility index (Phi) is 6.72. The second kappa shape index (κ2) is 10.1. The number of pyridine rings is 1. The van der Waals surface area contributed by atoms with E-state index in [4.69, 9.17) is 9.84 Å². The smallest absolute Gasteiger partial charge is 0.254 e. The topological polar surface area (TPSA) is 102 Å². The van der Waals surface area contributed by atoms with Crippen molar-refractivity contribution in [1.82, 2.24) is 29.2 Å². The molecule has 194 valence electrons. The number of carbonyl (C=O) groups is 1. The molecule has 0 saturated carbocycles. The lowest BCUT2D eigenvalue weighted by atomic mass is 9.88. The summed E-state index contributed by atoms with van der Waals surface area (Å²) in [6, 6.07) is 7.78. The Morgan fingerprint density at radius 1 is 1.18 bits per heavy atom. The van der Waals surface area contributed by atoms with Crippen LogP contribution in [0.2, 0.25) is 0 Å². The molecule has 0 spiro atoms. The third-order valence-corrected chi connectivity index (χ3v) is 7.15. The number of imidazole rings is 1. The van der Waals surface area contributed by atoms with E-state index in [0.717, 1.165) is 33.8 Å². The van der Waals surface area contributed by atoms with E-state index in [2.05, 4.69) is 26.7 Å². The largest absolute Gasteiger partial charge is 0.492 e. The molecule has 0 radical (unpaired) electrons. The second-order valence-electron chi connectivity index (χ2n) is 9.68. The molecule has 9 heteroatoms. The summed E-state index contributed by atoms with van der Waals surface area (Å²) in [4.78, 5) is 24.7. The van der Waals surface area contributed by atoms with Gasteiger partial charge in [0.1, 0.15) is 23.2 Å². The lowest BCUT2D eigenvalue weighted by molar-refractivity contribution is 0.0669. The summed E-state index contributed by atoms with van der Waals surface area (Å²) < 4.78 is 9.54. The number of fused-ring (bicyclic) bond motifs is 1. The summed E-state index contributed by atoms with van der Waals surface area (Å²) >= 11 is 0. The maximum atomic E-state index is 14.0. The number of nitrogens with zero attached hydrogens (tertiary/aromatic N) is 7. The third-order valence-electron chi connectivity index (χ3n) is 7.15. The van der Waals surface area contributed by atoms with Crippen LogP contribution in [0.5, 0.6) is 5.75 Å². The molecule has 5 rings (SSSR count). The van der Waals surface area contributed by atoms with E-state index in [-0.39, 0.29) is 11.9 Å². The van der Waals surface area contributed by atoms with Gasteiger partial charge in [-0.25, -0.2) is 4.98 Å². The maximum Gasteiger partial charge on any atom is 0.254 e. The van der Waals surface area contributed by atoms with Crippen molar-refractivity contribution in [3.8, 4) is 23.1 Å². The van der Waals surface area contributed by atoms with Crippen LogP contribution in [0.4, 0.5) is 0 Å². The molecule has 4 aromatic rings. The molecule has 1 amide bonds. The van der Waals surface area contributed by atoms with Crippen molar-refractivity contribution in [3.05, 3.63) is 82.3 Å². The van der Waals surface area contributed by atoms with Gasteiger partial charge in [0.2, 0.25) is 0 Å². The molecule has 1 aliphatic heterocycles. The number of rotatable bonds is 7. The van der Waals surface area contributed by atoms with Crippen molar-refractivity contribution in [2.75, 3.05) is 13.2 Å². The minimum atomic E-state index is -0.290. The predicted octanol–water partition coefficient (Wildman–Crippen LogP) is 4.37. The Morgan fingerprint density at radius 3 is 2.63 bits per heavy atom. The lowest BCUT2D eigenvalue weighted by Gasteiger charge is -2.34. The monoisotopic (exact) mass is 509 g/mol. The number of benzene rings is 1. The first-order valence-corrected chi connectivity index (χ1v) is 12.8. The molecule has 0 saturated heterocycles. The van der Waals surface area contributed by atoms with Gasteiger partial charge in [0, 0.05) is 62.1 Å². The first kappa shape index (κ1) is 25.2. The summed E-state index contributed by atoms with van der Waals surface area (Å²) in [6.07, 6.45) is 7.96. The Hall–Kier alpha value is -4.45. The van der Waals surface area contributed by atoms with Gasteiger partial charge in [-0.3, -0.25) is 14.5 Å². The molecular weight excluding hydrogens is 478 g/mol. The summed E-state index contributed by atoms with van der Waals surface area (Å²) in [5.41, 5.74) is 6.78. The minimum Gasteiger partial charge on any atom is -0.492 e. The number of ether oxygens (including phenoxy) is 1. The predicted molar refractivity (Wildman–Crippen MR) is 143 cm³/mol. The Bertz CT molecular complexity index is 1560. The normalized spacial score (nSPS) is 13.8. The van der Waals surface area contributed by atoms with E-state index in [1.54, 1.807) is 12.3 Å². The standard InChI is InChI=1S/C29H31N7O2/c1-6-38-27-13-26(32-15-22(27)14-30)19(3)36-9-7-23-24(28-18(2)16-34(5)33-28)11-21(12-25(23)29(36)37)17-35-10-8-31-20(35)4/h8,10-13,15-16,19H,6-7,9,17H2,1-5H3. The first-order chi connectivity index (χ1) is 18.3. The number of amides is 1. The van der Waals surface area contributed by atoms with Crippen molar-refractivity contribution in [2.24, 2.45) is 7.05 Å². The van der Waals surface area contributed by atoms with Gasteiger partial charge in [0.15, 0.2) is 0 Å². The number of hydrogen-bond donors (Lipinski definition) is 0. The van der Waals surface area contributed by atoms with E-state index < -0.39 is 0 Å². The van der Waals surface area contributed by atoms with E-state index in [9.17, 15) is 10.1 Å². The van der Waals surface area contributed by atoms with Gasteiger partial charge in [0.25, 0.3) is 5.91 Å². The lowest BCUT2D eigenvalue weighted by Crippen LogP contribution is -2.40. The molecule has 38 heavy (non-hydrogen) atoms. The Balaban J connectivity index is 1.56. The summed E-state index contributed by atoms with van der Waals surface area (Å²) in [7, 11) is 1.91. The highest BCUT2D eigenvalue weighted by atomic mass is 16.5. The van der Waals surface area contributed by atoms with Crippen molar-refractivity contribution >= 4 is 5.91 Å². The quantitative estimate of drug-likeness (QED) is 0.367. The molecular formula is C29H31N7O2. The molecule has 1 aromatic carbocycles. The summed E-state index contributed by atoms with van der Waals surface area (Å²) in [6.45, 7) is 9.46. The van der Waals surface area contributed by atoms with E-state index in [0.29, 0.717) is 48.7 Å². The molecule has 0 aliphatic carbocycles. The number of carbonyl (C=O) groups excluding carboxylic acids is 1. The molecule has 1 aliphatic rings. The fourth-order valence-corrected chi connectivity index (χ4v) is 5.19. The molecule has 0 fully saturated rings. The maximum absolute atomic E-state index is 14.0. The van der Waals surface area contributed by atoms with Crippen LogP contribution < -0.4 is 4.74 Å². The Labute approximate surface area is 222 Å². The number of nitriles is 1. The van der Waals surface area contributed by atoms with Crippen LogP contribution in [0.1, 0.15) is 64.0 Å². The van der Waals surface area contributed by atoms with E-state index in [1.165, 1.54) is 6.20 Å². The van der Waals surface area contributed by atoms with Crippen LogP contribution in [0.3, 0.4) is 0 Å². The van der Waals surface area contributed by atoms with Crippen molar-refractivity contribution in [3.63, 3.8) is 0 Å². The highest BCUT2D eigenvalue weighted by Crippen LogP contribution is 2.36. The number of aryl methyl sites for hydroxylation is 3. The number of aromatic nitrogens is 5. The Morgan fingerprint density at radius 2 is 1.97 bits per heavy atom. The fraction of sp³-hybridized carbons (Fsp3) is 0.345. The summed E-state index contributed by atoms with van der Waals surface area (Å²) in [5.74, 6) is 1.36. The van der Waals surface area contributed by atoms with Crippen molar-refractivity contribution < 1.29 is 9.53 Å². The average molecular weight is 510 g/mol. The van der Waals surface area contributed by atoms with Crippen LogP contribution in [0, 0.1) is 25.2 Å². The SMILES string of the molecule is CCOc1cc(C(C)N2CCc3c(cc(Cn4ccnc4C)cc3-c3nn(C)cc3C)C2=O)ncc1C#N. The molecule has 0 bridgehead atoms. The average Bonchev–Trinajstić information content (AvgIpc) is 3.47. The zero-order chi connectivity index (χ0) is 27.0. The van der Waals surface area contributed by atoms with Crippen molar-refractivity contribution in [1.29, 1.82) is 5.26 Å². The van der Waals surface area contributed by atoms with E-state index >= 15 is 0 Å². The summed E-state index contributed by atoms with van der Waals surface area (Å²) in [5, 5.41) is 14.1. The van der Waals surface area contributed by atoms with Gasteiger partial charge < -0.3 is 14.2 Å². The number of hydrogen-bond acceptors (Lipinski definition) is 6. The van der Waals surface area contributed by atoms with Gasteiger partial charge in [-0.2, -0.15) is 10.4 Å². The fourth-order valence-electron chi connectivity index (χ4n) is 5.19. The zero-order valence-electron chi connectivity index (χ0n) is 22.4. The van der Waals surface area contributed by atoms with Crippen LogP contribution >= 0.6 is 0 Å². The van der Waals surface area contributed by atoms with Gasteiger partial charge in [-0.1, -0.05) is 0 Å². The van der Waals surface area contributed by atoms with Crippen LogP contribution in [0.15, 0.2) is 43.0 Å². The van der Waals surface area contributed by atoms with Crippen LogP contribution in [0.25, 0.3) is 11.3 Å². The first-order valence-electron chi connectivity index (χ1n) is 12.8. The molecule has 1 unspecified atom stereocenters. The molecule has 1 atom stereocenters. The third kappa shape index (κ3) is 4.54. The van der Waals surface area contributed by atoms with Crippen LogP contribution in [-0.4, -0.2) is 48.3 Å². The minimum absolute atomic E-state index is 0.0399. The molecule has 9 nitrogen and oxygen atoms in total.